The van der Waals surface area contributed by atoms with Crippen molar-refractivity contribution in [1.29, 1.82) is 0 Å². The van der Waals surface area contributed by atoms with Crippen LogP contribution in [0.1, 0.15) is 42.6 Å². The molecule has 0 aromatic heterocycles. The second-order valence-corrected chi connectivity index (χ2v) is 5.34. The third-order valence-corrected chi connectivity index (χ3v) is 3.43. The number of benzene rings is 2. The Kier molecular flexibility index (Phi) is 5.47. The molecule has 124 valence electrons. The zero-order chi connectivity index (χ0) is 17.7. The first-order chi connectivity index (χ1) is 11.4. The molecule has 0 aliphatic carbocycles. The van der Waals surface area contributed by atoms with Gasteiger partial charge >= 0.3 is 11.9 Å². The van der Waals surface area contributed by atoms with Gasteiger partial charge in [-0.05, 0) is 17.7 Å². The molecule has 0 fully saturated rings. The third kappa shape index (κ3) is 4.29. The maximum absolute atomic E-state index is 12.8. The van der Waals surface area contributed by atoms with Gasteiger partial charge in [-0.1, -0.05) is 37.3 Å². The average molecular weight is 326 g/mol. The van der Waals surface area contributed by atoms with E-state index in [0.29, 0.717) is 0 Å². The van der Waals surface area contributed by atoms with Crippen LogP contribution in [0.25, 0.3) is 0 Å². The molecule has 5 heteroatoms. The van der Waals surface area contributed by atoms with E-state index in [9.17, 15) is 14.4 Å². The SMILES string of the molecule is CC(=O)Oc1ccc(C(=O)[C@@H](C)c2ccccc2)c(OC(C)=O)c1. The van der Waals surface area contributed by atoms with Crippen LogP contribution in [0.15, 0.2) is 48.5 Å². The molecular weight excluding hydrogens is 308 g/mol. The van der Waals surface area contributed by atoms with Gasteiger partial charge in [0.2, 0.25) is 0 Å². The second kappa shape index (κ2) is 7.55. The van der Waals surface area contributed by atoms with E-state index >= 15 is 0 Å². The summed E-state index contributed by atoms with van der Waals surface area (Å²) in [7, 11) is 0. The molecule has 2 aromatic carbocycles. The van der Waals surface area contributed by atoms with E-state index in [0.717, 1.165) is 5.56 Å². The number of carbonyl (C=O) groups excluding carboxylic acids is 3. The second-order valence-electron chi connectivity index (χ2n) is 5.34. The summed E-state index contributed by atoms with van der Waals surface area (Å²) in [6.07, 6.45) is 0. The molecule has 0 aliphatic heterocycles. The van der Waals surface area contributed by atoms with Gasteiger partial charge in [0.25, 0.3) is 0 Å². The van der Waals surface area contributed by atoms with E-state index < -0.39 is 17.9 Å². The van der Waals surface area contributed by atoms with Crippen molar-refractivity contribution in [3.8, 4) is 11.5 Å². The average Bonchev–Trinajstić information content (AvgIpc) is 2.53. The fraction of sp³-hybridized carbons (Fsp3) is 0.211. The Balaban J connectivity index is 2.38. The van der Waals surface area contributed by atoms with Crippen LogP contribution in [0, 0.1) is 0 Å². The van der Waals surface area contributed by atoms with Crippen molar-refractivity contribution in [1.82, 2.24) is 0 Å². The Bertz CT molecular complexity index is 765. The van der Waals surface area contributed by atoms with Gasteiger partial charge in [0.1, 0.15) is 11.5 Å². The van der Waals surface area contributed by atoms with Gasteiger partial charge in [-0.25, -0.2) is 0 Å². The van der Waals surface area contributed by atoms with E-state index in [1.54, 1.807) is 6.92 Å². The molecule has 0 spiro atoms. The van der Waals surface area contributed by atoms with Crippen LogP contribution in [0.2, 0.25) is 0 Å². The molecule has 0 saturated carbocycles. The maximum atomic E-state index is 12.8. The monoisotopic (exact) mass is 326 g/mol. The highest BCUT2D eigenvalue weighted by molar-refractivity contribution is 6.03. The van der Waals surface area contributed by atoms with Crippen molar-refractivity contribution in [3.05, 3.63) is 59.7 Å². The summed E-state index contributed by atoms with van der Waals surface area (Å²) in [4.78, 5) is 35.2. The first-order valence-electron chi connectivity index (χ1n) is 7.48. The number of hydrogen-bond acceptors (Lipinski definition) is 5. The normalized spacial score (nSPS) is 11.5. The topological polar surface area (TPSA) is 69.7 Å². The standard InChI is InChI=1S/C19H18O5/c1-12(15-7-5-4-6-8-15)19(22)17-10-9-16(23-13(2)20)11-18(17)24-14(3)21/h4-12H,1-3H3/t12-/m0/s1. The largest absolute Gasteiger partial charge is 0.427 e. The first-order valence-corrected chi connectivity index (χ1v) is 7.48. The van der Waals surface area contributed by atoms with Crippen molar-refractivity contribution in [2.24, 2.45) is 0 Å². The number of ether oxygens (including phenoxy) is 2. The summed E-state index contributed by atoms with van der Waals surface area (Å²) in [6, 6.07) is 13.7. The van der Waals surface area contributed by atoms with Gasteiger partial charge in [0, 0.05) is 25.8 Å². The predicted molar refractivity (Wildman–Crippen MR) is 88.2 cm³/mol. The highest BCUT2D eigenvalue weighted by Crippen LogP contribution is 2.30. The minimum Gasteiger partial charge on any atom is -0.427 e. The Labute approximate surface area is 140 Å². The molecule has 0 unspecified atom stereocenters. The highest BCUT2D eigenvalue weighted by atomic mass is 16.5. The summed E-state index contributed by atoms with van der Waals surface area (Å²) in [6.45, 7) is 4.30. The van der Waals surface area contributed by atoms with Crippen LogP contribution in [0.4, 0.5) is 0 Å². The fourth-order valence-corrected chi connectivity index (χ4v) is 2.30. The van der Waals surface area contributed by atoms with Gasteiger partial charge in [0.05, 0.1) is 5.56 Å². The summed E-state index contributed by atoms with van der Waals surface area (Å²) >= 11 is 0. The van der Waals surface area contributed by atoms with Crippen LogP contribution in [0.5, 0.6) is 11.5 Å². The van der Waals surface area contributed by atoms with E-state index in [1.165, 1.54) is 32.0 Å². The zero-order valence-electron chi connectivity index (χ0n) is 13.7. The lowest BCUT2D eigenvalue weighted by molar-refractivity contribution is -0.132. The molecule has 0 bridgehead atoms. The molecule has 24 heavy (non-hydrogen) atoms. The fourth-order valence-electron chi connectivity index (χ4n) is 2.30. The number of rotatable bonds is 5. The lowest BCUT2D eigenvalue weighted by Gasteiger charge is -2.14. The van der Waals surface area contributed by atoms with E-state index in [4.69, 9.17) is 9.47 Å². The Hall–Kier alpha value is -2.95. The summed E-state index contributed by atoms with van der Waals surface area (Å²) < 4.78 is 10.1. The molecule has 0 amide bonds. The van der Waals surface area contributed by atoms with Gasteiger partial charge in [-0.3, -0.25) is 14.4 Å². The van der Waals surface area contributed by atoms with Crippen LogP contribution < -0.4 is 9.47 Å². The van der Waals surface area contributed by atoms with Crippen molar-refractivity contribution in [2.45, 2.75) is 26.7 Å². The van der Waals surface area contributed by atoms with Gasteiger partial charge in [-0.15, -0.1) is 0 Å². The van der Waals surface area contributed by atoms with Gasteiger partial charge in [0.15, 0.2) is 5.78 Å². The van der Waals surface area contributed by atoms with Crippen molar-refractivity contribution < 1.29 is 23.9 Å². The lowest BCUT2D eigenvalue weighted by atomic mass is 9.92. The number of ketones is 1. The molecular formula is C19H18O5. The van der Waals surface area contributed by atoms with E-state index in [-0.39, 0.29) is 22.8 Å². The molecule has 5 nitrogen and oxygen atoms in total. The predicted octanol–water partition coefficient (Wildman–Crippen LogP) is 3.52. The number of carbonyl (C=O) groups is 3. The van der Waals surface area contributed by atoms with Crippen LogP contribution in [0.3, 0.4) is 0 Å². The number of hydrogen-bond donors (Lipinski definition) is 0. The maximum Gasteiger partial charge on any atom is 0.308 e. The molecule has 0 heterocycles. The Morgan fingerprint density at radius 2 is 1.50 bits per heavy atom. The van der Waals surface area contributed by atoms with Crippen LogP contribution in [-0.4, -0.2) is 17.7 Å². The molecule has 2 rings (SSSR count). The highest BCUT2D eigenvalue weighted by Gasteiger charge is 2.22. The lowest BCUT2D eigenvalue weighted by Crippen LogP contribution is -2.13. The quantitative estimate of drug-likeness (QED) is 0.477. The smallest absolute Gasteiger partial charge is 0.308 e. The third-order valence-electron chi connectivity index (χ3n) is 3.43. The van der Waals surface area contributed by atoms with Crippen LogP contribution >= 0.6 is 0 Å². The van der Waals surface area contributed by atoms with Crippen molar-refractivity contribution >= 4 is 17.7 Å². The van der Waals surface area contributed by atoms with E-state index in [2.05, 4.69) is 0 Å². The van der Waals surface area contributed by atoms with Crippen molar-refractivity contribution in [3.63, 3.8) is 0 Å². The summed E-state index contributed by atoms with van der Waals surface area (Å²) in [5.41, 5.74) is 1.12. The first kappa shape index (κ1) is 17.4. The van der Waals surface area contributed by atoms with Crippen molar-refractivity contribution in [2.75, 3.05) is 0 Å². The minimum atomic E-state index is -0.559. The van der Waals surface area contributed by atoms with Gasteiger partial charge in [-0.2, -0.15) is 0 Å². The number of Topliss-reactive ketones (excluding diaryl/α,β-unsaturated/α-hetero) is 1. The summed E-state index contributed by atoms with van der Waals surface area (Å²) in [5.74, 6) is -1.36. The van der Waals surface area contributed by atoms with E-state index in [1.807, 2.05) is 30.3 Å². The molecule has 2 aromatic rings. The molecule has 0 radical (unpaired) electrons. The summed E-state index contributed by atoms with van der Waals surface area (Å²) in [5, 5.41) is 0. The number of esters is 2. The molecule has 0 N–H and O–H groups in total. The Morgan fingerprint density at radius 1 is 0.875 bits per heavy atom. The molecule has 0 saturated heterocycles. The van der Waals surface area contributed by atoms with Crippen LogP contribution in [-0.2, 0) is 9.59 Å². The molecule has 1 atom stereocenters. The van der Waals surface area contributed by atoms with Gasteiger partial charge < -0.3 is 9.47 Å². The minimum absolute atomic E-state index is 0.0778. The Morgan fingerprint density at radius 3 is 2.08 bits per heavy atom. The zero-order valence-corrected chi connectivity index (χ0v) is 13.7. The molecule has 0 aliphatic rings.